The zero-order valence-corrected chi connectivity index (χ0v) is 20.5. The van der Waals surface area contributed by atoms with Gasteiger partial charge in [0.05, 0.1) is 16.9 Å². The zero-order chi connectivity index (χ0) is 24.3. The van der Waals surface area contributed by atoms with E-state index >= 15 is 0 Å². The van der Waals surface area contributed by atoms with Crippen molar-refractivity contribution in [2.75, 3.05) is 30.3 Å². The van der Waals surface area contributed by atoms with Crippen LogP contribution in [-0.4, -0.2) is 50.7 Å². The van der Waals surface area contributed by atoms with Crippen molar-refractivity contribution in [1.82, 2.24) is 9.62 Å². The fraction of sp³-hybridized carbons (Fsp3) is 0.391. The highest BCUT2D eigenvalue weighted by molar-refractivity contribution is 7.90. The SMILES string of the molecule is Cc1ccc(C)c(N(CC(=O)Nc2ccccc2C(=O)NC(C)(C)C)S(=O)(=O)N(C)C)c1. The van der Waals surface area contributed by atoms with Gasteiger partial charge in [0.25, 0.3) is 5.91 Å². The van der Waals surface area contributed by atoms with Crippen molar-refractivity contribution < 1.29 is 18.0 Å². The molecular weight excluding hydrogens is 428 g/mol. The Hall–Kier alpha value is -2.91. The van der Waals surface area contributed by atoms with E-state index in [1.165, 1.54) is 14.1 Å². The standard InChI is InChI=1S/C23H32N4O4S/c1-16-12-13-17(2)20(14-16)27(32(30,31)26(6)7)15-21(28)24-19-11-9-8-10-18(19)22(29)25-23(3,4)5/h8-14H,15H2,1-7H3,(H,24,28)(H,25,29). The van der Waals surface area contributed by atoms with Crippen molar-refractivity contribution in [2.24, 2.45) is 0 Å². The Kier molecular flexibility index (Phi) is 7.69. The zero-order valence-electron chi connectivity index (χ0n) is 19.7. The molecule has 0 atom stereocenters. The van der Waals surface area contributed by atoms with E-state index in [4.69, 9.17) is 0 Å². The summed E-state index contributed by atoms with van der Waals surface area (Å²) in [7, 11) is -1.11. The summed E-state index contributed by atoms with van der Waals surface area (Å²) in [6.07, 6.45) is 0. The predicted molar refractivity (Wildman–Crippen MR) is 128 cm³/mol. The van der Waals surface area contributed by atoms with Crippen molar-refractivity contribution >= 4 is 33.4 Å². The first kappa shape index (κ1) is 25.4. The number of benzene rings is 2. The maximum atomic E-state index is 13.0. The van der Waals surface area contributed by atoms with Crippen LogP contribution in [0.2, 0.25) is 0 Å². The molecule has 0 saturated heterocycles. The number of carbonyl (C=O) groups is 2. The molecule has 32 heavy (non-hydrogen) atoms. The van der Waals surface area contributed by atoms with Gasteiger partial charge in [0.2, 0.25) is 5.91 Å². The summed E-state index contributed by atoms with van der Waals surface area (Å²) in [5.41, 5.74) is 2.17. The Morgan fingerprint density at radius 2 is 1.62 bits per heavy atom. The van der Waals surface area contributed by atoms with Crippen LogP contribution in [-0.2, 0) is 15.0 Å². The molecule has 0 fully saturated rings. The van der Waals surface area contributed by atoms with Crippen LogP contribution in [0.1, 0.15) is 42.3 Å². The maximum absolute atomic E-state index is 13.0. The normalized spacial score (nSPS) is 11.9. The number of amides is 2. The average molecular weight is 461 g/mol. The van der Waals surface area contributed by atoms with Gasteiger partial charge >= 0.3 is 10.2 Å². The predicted octanol–water partition coefficient (Wildman–Crippen LogP) is 3.08. The highest BCUT2D eigenvalue weighted by Crippen LogP contribution is 2.25. The first-order chi connectivity index (χ1) is 14.7. The lowest BCUT2D eigenvalue weighted by Gasteiger charge is -2.28. The molecule has 8 nitrogen and oxygen atoms in total. The van der Waals surface area contributed by atoms with E-state index in [-0.39, 0.29) is 5.91 Å². The average Bonchev–Trinajstić information content (AvgIpc) is 2.67. The smallest absolute Gasteiger partial charge is 0.304 e. The van der Waals surface area contributed by atoms with Gasteiger partial charge in [-0.3, -0.25) is 9.59 Å². The van der Waals surface area contributed by atoms with Gasteiger partial charge < -0.3 is 10.6 Å². The number of rotatable bonds is 7. The van der Waals surface area contributed by atoms with E-state index in [9.17, 15) is 18.0 Å². The number of nitrogens with one attached hydrogen (secondary N) is 2. The molecule has 2 aromatic rings. The van der Waals surface area contributed by atoms with E-state index < -0.39 is 28.2 Å². The Labute approximate surface area is 190 Å². The summed E-state index contributed by atoms with van der Waals surface area (Å²) in [4.78, 5) is 25.6. The molecule has 0 spiro atoms. The minimum absolute atomic E-state index is 0.296. The molecule has 0 aromatic heterocycles. The van der Waals surface area contributed by atoms with Crippen LogP contribution in [0.15, 0.2) is 42.5 Å². The van der Waals surface area contributed by atoms with Crippen LogP contribution >= 0.6 is 0 Å². The van der Waals surface area contributed by atoms with Crippen molar-refractivity contribution in [3.8, 4) is 0 Å². The van der Waals surface area contributed by atoms with Gasteiger partial charge in [0.15, 0.2) is 0 Å². The van der Waals surface area contributed by atoms with Crippen molar-refractivity contribution in [3.63, 3.8) is 0 Å². The van der Waals surface area contributed by atoms with Gasteiger partial charge in [0.1, 0.15) is 6.54 Å². The van der Waals surface area contributed by atoms with Crippen molar-refractivity contribution in [1.29, 1.82) is 0 Å². The van der Waals surface area contributed by atoms with E-state index in [1.807, 2.05) is 39.8 Å². The number of carbonyl (C=O) groups excluding carboxylic acids is 2. The second kappa shape index (κ2) is 9.70. The van der Waals surface area contributed by atoms with Gasteiger partial charge in [-0.1, -0.05) is 24.3 Å². The molecule has 0 heterocycles. The highest BCUT2D eigenvalue weighted by atomic mass is 32.2. The molecule has 2 aromatic carbocycles. The summed E-state index contributed by atoms with van der Waals surface area (Å²) in [6, 6.07) is 12.0. The molecule has 0 aliphatic carbocycles. The Morgan fingerprint density at radius 1 is 1.00 bits per heavy atom. The summed E-state index contributed by atoms with van der Waals surface area (Å²) in [5.74, 6) is -0.895. The number of nitrogens with zero attached hydrogens (tertiary/aromatic N) is 2. The highest BCUT2D eigenvalue weighted by Gasteiger charge is 2.29. The topological polar surface area (TPSA) is 98.8 Å². The van der Waals surface area contributed by atoms with Gasteiger partial charge in [-0.2, -0.15) is 12.7 Å². The Bertz CT molecular complexity index is 1110. The fourth-order valence-electron chi connectivity index (χ4n) is 2.99. The monoisotopic (exact) mass is 460 g/mol. The molecule has 0 saturated carbocycles. The van der Waals surface area contributed by atoms with E-state index in [1.54, 1.807) is 37.3 Å². The molecule has 2 rings (SSSR count). The van der Waals surface area contributed by atoms with E-state index in [2.05, 4.69) is 10.6 Å². The number of aryl methyl sites for hydroxylation is 2. The lowest BCUT2D eigenvalue weighted by atomic mass is 10.1. The number of hydrogen-bond donors (Lipinski definition) is 2. The van der Waals surface area contributed by atoms with E-state index in [0.717, 1.165) is 19.7 Å². The summed E-state index contributed by atoms with van der Waals surface area (Å²) < 4.78 is 28.2. The summed E-state index contributed by atoms with van der Waals surface area (Å²) in [5, 5.41) is 5.56. The van der Waals surface area contributed by atoms with Gasteiger partial charge in [-0.25, -0.2) is 4.31 Å². The third-order valence-corrected chi connectivity index (χ3v) is 6.40. The quantitative estimate of drug-likeness (QED) is 0.663. The van der Waals surface area contributed by atoms with Crippen LogP contribution in [0.25, 0.3) is 0 Å². The van der Waals surface area contributed by atoms with Crippen molar-refractivity contribution in [3.05, 3.63) is 59.2 Å². The fourth-order valence-corrected chi connectivity index (χ4v) is 4.11. The Morgan fingerprint density at radius 3 is 2.22 bits per heavy atom. The van der Waals surface area contributed by atoms with Crippen LogP contribution in [0, 0.1) is 13.8 Å². The first-order valence-electron chi connectivity index (χ1n) is 10.2. The molecule has 0 aliphatic heterocycles. The van der Waals surface area contributed by atoms with Crippen molar-refractivity contribution in [2.45, 2.75) is 40.2 Å². The second-order valence-corrected chi connectivity index (χ2v) is 11.0. The summed E-state index contributed by atoms with van der Waals surface area (Å²) >= 11 is 0. The van der Waals surface area contributed by atoms with Crippen LogP contribution < -0.4 is 14.9 Å². The Balaban J connectivity index is 2.37. The van der Waals surface area contributed by atoms with Gasteiger partial charge in [-0.15, -0.1) is 0 Å². The third-order valence-electron chi connectivity index (χ3n) is 4.59. The molecule has 174 valence electrons. The number of anilines is 2. The van der Waals surface area contributed by atoms with Crippen LogP contribution in [0.5, 0.6) is 0 Å². The molecular formula is C23H32N4O4S. The molecule has 2 N–H and O–H groups in total. The lowest BCUT2D eigenvalue weighted by Crippen LogP contribution is -2.45. The summed E-state index contributed by atoms with van der Waals surface area (Å²) in [6.45, 7) is 8.78. The number of hydrogen-bond acceptors (Lipinski definition) is 4. The second-order valence-electron chi connectivity index (χ2n) is 8.88. The number of para-hydroxylation sites is 1. The maximum Gasteiger partial charge on any atom is 0.304 e. The minimum atomic E-state index is -3.94. The molecule has 0 bridgehead atoms. The molecule has 0 unspecified atom stereocenters. The largest absolute Gasteiger partial charge is 0.347 e. The molecule has 0 aliphatic rings. The minimum Gasteiger partial charge on any atom is -0.347 e. The van der Waals surface area contributed by atoms with E-state index in [0.29, 0.717) is 16.9 Å². The van der Waals surface area contributed by atoms with Crippen LogP contribution in [0.3, 0.4) is 0 Å². The lowest BCUT2D eigenvalue weighted by molar-refractivity contribution is -0.114. The molecule has 9 heteroatoms. The molecule has 2 amide bonds. The van der Waals surface area contributed by atoms with Crippen LogP contribution in [0.4, 0.5) is 11.4 Å². The third kappa shape index (κ3) is 6.30. The van der Waals surface area contributed by atoms with Gasteiger partial charge in [0, 0.05) is 19.6 Å². The van der Waals surface area contributed by atoms with Gasteiger partial charge in [-0.05, 0) is 63.9 Å². The first-order valence-corrected chi connectivity index (χ1v) is 11.6. The molecule has 0 radical (unpaired) electrons.